The van der Waals surface area contributed by atoms with E-state index < -0.39 is 6.10 Å². The van der Waals surface area contributed by atoms with Gasteiger partial charge in [-0.15, -0.1) is 0 Å². The van der Waals surface area contributed by atoms with Crippen LogP contribution < -0.4 is 0 Å². The maximum absolute atomic E-state index is 10.0. The molecule has 0 spiro atoms. The summed E-state index contributed by atoms with van der Waals surface area (Å²) in [6, 6.07) is 0. The number of hydrogen-bond acceptors (Lipinski definition) is 5. The fraction of sp³-hybridized carbons (Fsp3) is 0.786. The maximum atomic E-state index is 10.0. The van der Waals surface area contributed by atoms with Crippen molar-refractivity contribution in [3.63, 3.8) is 0 Å². The summed E-state index contributed by atoms with van der Waals surface area (Å²) in [4.78, 5) is 2.25. The van der Waals surface area contributed by atoms with Crippen LogP contribution in [0, 0.1) is 0 Å². The quantitative estimate of drug-likeness (QED) is 0.786. The molecule has 6 heteroatoms. The minimum Gasteiger partial charge on any atom is -0.389 e. The fourth-order valence-electron chi connectivity index (χ4n) is 2.90. The number of H-pyrrole nitrogens is 1. The highest BCUT2D eigenvalue weighted by Gasteiger charge is 2.21. The van der Waals surface area contributed by atoms with Crippen LogP contribution in [0.2, 0.25) is 0 Å². The molecule has 6 nitrogen and oxygen atoms in total. The second kappa shape index (κ2) is 6.67. The Morgan fingerprint density at radius 3 is 3.40 bits per heavy atom. The number of nitrogens with zero attached hydrogens (tertiary/aromatic N) is 2. The van der Waals surface area contributed by atoms with Gasteiger partial charge in [0.1, 0.15) is 0 Å². The molecular formula is C14H23N3O3. The first-order valence-electron chi connectivity index (χ1n) is 7.42. The normalized spacial score (nSPS) is 24.8. The molecule has 1 aromatic rings. The molecule has 1 aromatic heterocycles. The van der Waals surface area contributed by atoms with Crippen molar-refractivity contribution in [1.29, 1.82) is 0 Å². The van der Waals surface area contributed by atoms with Gasteiger partial charge in [0.2, 0.25) is 0 Å². The average molecular weight is 281 g/mol. The van der Waals surface area contributed by atoms with Gasteiger partial charge in [-0.1, -0.05) is 0 Å². The highest BCUT2D eigenvalue weighted by Crippen LogP contribution is 2.16. The van der Waals surface area contributed by atoms with E-state index in [1.807, 2.05) is 6.20 Å². The highest BCUT2D eigenvalue weighted by molar-refractivity contribution is 5.18. The summed E-state index contributed by atoms with van der Waals surface area (Å²) in [5, 5.41) is 17.1. The zero-order valence-electron chi connectivity index (χ0n) is 11.8. The molecule has 0 bridgehead atoms. The van der Waals surface area contributed by atoms with Crippen LogP contribution in [0.1, 0.15) is 24.1 Å². The van der Waals surface area contributed by atoms with Crippen molar-refractivity contribution in [1.82, 2.24) is 15.1 Å². The molecule has 112 valence electrons. The van der Waals surface area contributed by atoms with E-state index in [2.05, 4.69) is 15.1 Å². The Hall–Kier alpha value is -0.950. The number of aliphatic hydroxyl groups excluding tert-OH is 1. The van der Waals surface area contributed by atoms with Crippen molar-refractivity contribution in [2.75, 3.05) is 32.9 Å². The molecule has 0 saturated carbocycles. The van der Waals surface area contributed by atoms with Crippen molar-refractivity contribution in [3.05, 3.63) is 17.5 Å². The first kappa shape index (κ1) is 14.0. The number of rotatable bonds is 6. The van der Waals surface area contributed by atoms with E-state index in [1.54, 1.807) is 0 Å². The van der Waals surface area contributed by atoms with Crippen molar-refractivity contribution >= 4 is 0 Å². The number of hydrogen-bond donors (Lipinski definition) is 2. The van der Waals surface area contributed by atoms with E-state index >= 15 is 0 Å². The van der Waals surface area contributed by atoms with Gasteiger partial charge in [-0.2, -0.15) is 5.10 Å². The largest absolute Gasteiger partial charge is 0.389 e. The molecule has 3 rings (SSSR count). The fourth-order valence-corrected chi connectivity index (χ4v) is 2.90. The predicted octanol–water partition coefficient (Wildman–Crippen LogP) is 0.324. The molecular weight excluding hydrogens is 258 g/mol. The third kappa shape index (κ3) is 3.58. The molecule has 0 aliphatic carbocycles. The second-order valence-electron chi connectivity index (χ2n) is 5.69. The van der Waals surface area contributed by atoms with Gasteiger partial charge in [-0.3, -0.25) is 10.00 Å². The Bertz CT molecular complexity index is 418. The number of fused-ring (bicyclic) bond motifs is 1. The summed E-state index contributed by atoms with van der Waals surface area (Å²) >= 11 is 0. The SMILES string of the molecule is OC(COCC1CCCO1)CN1CCc2[nH]ncc2C1. The lowest BCUT2D eigenvalue weighted by Gasteiger charge is -2.28. The van der Waals surface area contributed by atoms with Gasteiger partial charge in [-0.25, -0.2) is 0 Å². The van der Waals surface area contributed by atoms with E-state index in [9.17, 15) is 5.11 Å². The molecule has 1 saturated heterocycles. The molecule has 2 unspecified atom stereocenters. The number of ether oxygens (including phenoxy) is 2. The molecule has 3 heterocycles. The number of aliphatic hydroxyl groups is 1. The molecule has 0 aromatic carbocycles. The Morgan fingerprint density at radius 2 is 2.55 bits per heavy atom. The summed E-state index contributed by atoms with van der Waals surface area (Å²) in [6.45, 7) is 4.29. The lowest BCUT2D eigenvalue weighted by atomic mass is 10.1. The maximum Gasteiger partial charge on any atom is 0.0900 e. The molecule has 1 fully saturated rings. The first-order chi connectivity index (χ1) is 9.81. The van der Waals surface area contributed by atoms with Crippen LogP contribution in [0.25, 0.3) is 0 Å². The topological polar surface area (TPSA) is 70.6 Å². The van der Waals surface area contributed by atoms with Crippen LogP contribution in [-0.4, -0.2) is 65.3 Å². The Balaban J connectivity index is 1.35. The van der Waals surface area contributed by atoms with E-state index in [-0.39, 0.29) is 6.10 Å². The van der Waals surface area contributed by atoms with Gasteiger partial charge in [-0.05, 0) is 12.8 Å². The predicted molar refractivity (Wildman–Crippen MR) is 73.4 cm³/mol. The van der Waals surface area contributed by atoms with E-state index in [1.165, 1.54) is 11.3 Å². The molecule has 2 N–H and O–H groups in total. The molecule has 2 atom stereocenters. The van der Waals surface area contributed by atoms with Gasteiger partial charge in [0, 0.05) is 43.9 Å². The summed E-state index contributed by atoms with van der Waals surface area (Å²) in [6.07, 6.45) is 4.83. The summed E-state index contributed by atoms with van der Waals surface area (Å²) < 4.78 is 11.0. The lowest BCUT2D eigenvalue weighted by Crippen LogP contribution is -2.38. The van der Waals surface area contributed by atoms with Crippen LogP contribution in [-0.2, 0) is 22.4 Å². The zero-order valence-corrected chi connectivity index (χ0v) is 11.8. The molecule has 2 aliphatic rings. The molecule has 20 heavy (non-hydrogen) atoms. The zero-order chi connectivity index (χ0) is 13.8. The van der Waals surface area contributed by atoms with Crippen LogP contribution in [0.5, 0.6) is 0 Å². The van der Waals surface area contributed by atoms with Gasteiger partial charge in [0.25, 0.3) is 0 Å². The van der Waals surface area contributed by atoms with Crippen LogP contribution in [0.15, 0.2) is 6.20 Å². The summed E-state index contributed by atoms with van der Waals surface area (Å²) in [5.74, 6) is 0. The van der Waals surface area contributed by atoms with Crippen LogP contribution in [0.3, 0.4) is 0 Å². The number of aromatic nitrogens is 2. The third-order valence-corrected chi connectivity index (χ3v) is 3.99. The second-order valence-corrected chi connectivity index (χ2v) is 5.69. The monoisotopic (exact) mass is 281 g/mol. The Labute approximate surface area is 119 Å². The van der Waals surface area contributed by atoms with Crippen LogP contribution in [0.4, 0.5) is 0 Å². The Kier molecular flexibility index (Phi) is 4.67. The van der Waals surface area contributed by atoms with Crippen molar-refractivity contribution in [2.45, 2.75) is 38.0 Å². The summed E-state index contributed by atoms with van der Waals surface area (Å²) in [5.41, 5.74) is 2.47. The minimum absolute atomic E-state index is 0.227. The van der Waals surface area contributed by atoms with Gasteiger partial charge >= 0.3 is 0 Å². The van der Waals surface area contributed by atoms with Crippen LogP contribution >= 0.6 is 0 Å². The summed E-state index contributed by atoms with van der Waals surface area (Å²) in [7, 11) is 0. The first-order valence-corrected chi connectivity index (χ1v) is 7.42. The van der Waals surface area contributed by atoms with E-state index in [4.69, 9.17) is 9.47 Å². The van der Waals surface area contributed by atoms with E-state index in [0.29, 0.717) is 19.8 Å². The molecule has 2 aliphatic heterocycles. The minimum atomic E-state index is -0.440. The Morgan fingerprint density at radius 1 is 1.60 bits per heavy atom. The highest BCUT2D eigenvalue weighted by atomic mass is 16.5. The lowest BCUT2D eigenvalue weighted by molar-refractivity contribution is -0.0261. The molecule has 0 radical (unpaired) electrons. The van der Waals surface area contributed by atoms with Crippen molar-refractivity contribution < 1.29 is 14.6 Å². The van der Waals surface area contributed by atoms with E-state index in [0.717, 1.165) is 39.0 Å². The van der Waals surface area contributed by atoms with Gasteiger partial charge < -0.3 is 14.6 Å². The smallest absolute Gasteiger partial charge is 0.0900 e. The number of aromatic amines is 1. The molecule has 0 amide bonds. The number of β-amino-alcohol motifs (C(OH)–C–C–N with tert-alkyl or cyclic N) is 1. The number of nitrogens with one attached hydrogen (secondary N) is 1. The third-order valence-electron chi connectivity index (χ3n) is 3.99. The van der Waals surface area contributed by atoms with Crippen molar-refractivity contribution in [2.24, 2.45) is 0 Å². The van der Waals surface area contributed by atoms with Gasteiger partial charge in [0.05, 0.1) is 31.6 Å². The average Bonchev–Trinajstić information content (AvgIpc) is 3.08. The standard InChI is InChI=1S/C14H23N3O3/c18-12(9-19-10-13-2-1-5-20-13)8-17-4-3-14-11(7-17)6-15-16-14/h6,12-13,18H,1-5,7-10H2,(H,15,16). The van der Waals surface area contributed by atoms with Crippen molar-refractivity contribution in [3.8, 4) is 0 Å². The van der Waals surface area contributed by atoms with Gasteiger partial charge in [0.15, 0.2) is 0 Å².